The molecule has 43 heavy (non-hydrogen) atoms. The Morgan fingerprint density at radius 1 is 0.535 bits per heavy atom. The largest absolute Gasteiger partial charge is 0.301 e. The molecule has 9 rings (SSSR count). The molecular weight excluding hydrogens is 543 g/mol. The first-order chi connectivity index (χ1) is 21.2. The lowest BCUT2D eigenvalue weighted by Crippen LogP contribution is -1.94. The Hall–Kier alpha value is -5.19. The average molecular weight is 570 g/mol. The van der Waals surface area contributed by atoms with Crippen LogP contribution in [0.4, 0.5) is 0 Å². The minimum absolute atomic E-state index is 0.986. The smallest absolute Gasteiger partial charge is 0.111 e. The predicted octanol–water partition coefficient (Wildman–Crippen LogP) is 10.8. The molecule has 0 aliphatic carbocycles. The van der Waals surface area contributed by atoms with Crippen LogP contribution in [-0.4, -0.2) is 14.1 Å². The minimum Gasteiger partial charge on any atom is -0.301 e. The molecule has 204 valence electrons. The summed E-state index contributed by atoms with van der Waals surface area (Å²) in [5, 5.41) is 7.73. The molecular formula is C39H27N3S. The van der Waals surface area contributed by atoms with E-state index in [9.17, 15) is 0 Å². The summed E-state index contributed by atoms with van der Waals surface area (Å²) in [4.78, 5) is 7.23. The van der Waals surface area contributed by atoms with Gasteiger partial charge in [0.15, 0.2) is 0 Å². The van der Waals surface area contributed by atoms with E-state index < -0.39 is 0 Å². The zero-order chi connectivity index (χ0) is 28.7. The van der Waals surface area contributed by atoms with Gasteiger partial charge in [-0.15, -0.1) is 0 Å². The van der Waals surface area contributed by atoms with Gasteiger partial charge in [0.1, 0.15) is 9.66 Å². The Morgan fingerprint density at radius 2 is 1.19 bits per heavy atom. The molecule has 0 N–H and O–H groups in total. The molecule has 0 unspecified atom stereocenters. The number of nitrogens with zero attached hydrogens (tertiary/aromatic N) is 3. The van der Waals surface area contributed by atoms with E-state index in [-0.39, 0.29) is 0 Å². The third kappa shape index (κ3) is 3.57. The van der Waals surface area contributed by atoms with Crippen LogP contribution in [0.5, 0.6) is 0 Å². The highest BCUT2D eigenvalue weighted by molar-refractivity contribution is 7.25. The molecule has 0 atom stereocenters. The first-order valence-electron chi connectivity index (χ1n) is 14.6. The van der Waals surface area contributed by atoms with Crippen molar-refractivity contribution in [2.24, 2.45) is 0 Å². The number of hydrogen-bond donors (Lipinski definition) is 0. The summed E-state index contributed by atoms with van der Waals surface area (Å²) in [6, 6.07) is 44.1. The number of rotatable bonds is 3. The van der Waals surface area contributed by atoms with Crippen molar-refractivity contribution in [1.29, 1.82) is 0 Å². The van der Waals surface area contributed by atoms with Gasteiger partial charge in [0.2, 0.25) is 0 Å². The molecule has 0 saturated carbocycles. The Balaban J connectivity index is 1.51. The normalized spacial score (nSPS) is 12.0. The van der Waals surface area contributed by atoms with Gasteiger partial charge in [0, 0.05) is 44.7 Å². The SMILES string of the molecule is Cc1ccc(-n2c3ccc(-c4ccccn4)cc3c3c4c5c6ccccc6ccc5n(-c5ccc(C)cc5)c4sc32)cc1. The minimum atomic E-state index is 0.986. The Labute approximate surface area is 252 Å². The van der Waals surface area contributed by atoms with Crippen LogP contribution in [0, 0.1) is 13.8 Å². The summed E-state index contributed by atoms with van der Waals surface area (Å²) in [5.41, 5.74) is 9.44. The fourth-order valence-electron chi connectivity index (χ4n) is 6.66. The highest BCUT2D eigenvalue weighted by atomic mass is 32.1. The zero-order valence-electron chi connectivity index (χ0n) is 23.9. The van der Waals surface area contributed by atoms with Gasteiger partial charge in [0.25, 0.3) is 0 Å². The van der Waals surface area contributed by atoms with E-state index in [1.165, 1.54) is 75.5 Å². The van der Waals surface area contributed by atoms with Crippen LogP contribution >= 0.6 is 11.3 Å². The number of pyridine rings is 1. The zero-order valence-corrected chi connectivity index (χ0v) is 24.7. The maximum atomic E-state index is 4.69. The van der Waals surface area contributed by atoms with Gasteiger partial charge in [-0.05, 0) is 79.2 Å². The summed E-state index contributed by atoms with van der Waals surface area (Å²) in [7, 11) is 0. The molecule has 0 bridgehead atoms. The van der Waals surface area contributed by atoms with Crippen molar-refractivity contribution in [3.63, 3.8) is 0 Å². The monoisotopic (exact) mass is 569 g/mol. The van der Waals surface area contributed by atoms with Gasteiger partial charge < -0.3 is 9.13 Å². The molecule has 0 fully saturated rings. The van der Waals surface area contributed by atoms with Gasteiger partial charge in [-0.1, -0.05) is 89.2 Å². The van der Waals surface area contributed by atoms with Crippen LogP contribution < -0.4 is 0 Å². The number of aromatic nitrogens is 3. The first kappa shape index (κ1) is 24.4. The van der Waals surface area contributed by atoms with Crippen molar-refractivity contribution in [3.8, 4) is 22.6 Å². The van der Waals surface area contributed by atoms with E-state index in [0.717, 1.165) is 11.3 Å². The average Bonchev–Trinajstić information content (AvgIpc) is 3.68. The third-order valence-electron chi connectivity index (χ3n) is 8.73. The molecule has 0 radical (unpaired) electrons. The highest BCUT2D eigenvalue weighted by Gasteiger charge is 2.25. The summed E-state index contributed by atoms with van der Waals surface area (Å²) < 4.78 is 4.92. The van der Waals surface area contributed by atoms with Crippen LogP contribution in [0.1, 0.15) is 11.1 Å². The Kier molecular flexibility index (Phi) is 5.20. The lowest BCUT2D eigenvalue weighted by atomic mass is 10.0. The van der Waals surface area contributed by atoms with E-state index in [2.05, 4.69) is 138 Å². The standard InChI is InChI=1S/C39H27N3S/c1-24-10-16-28(17-11-24)41-33-20-15-27(32-9-5-6-22-40-32)23-31(33)36-37-35-30-8-4-3-7-26(30)14-21-34(35)42(39(37)43-38(36)41)29-18-12-25(2)13-19-29/h3-23H,1-2H3. The van der Waals surface area contributed by atoms with Crippen molar-refractivity contribution in [3.05, 3.63) is 139 Å². The summed E-state index contributed by atoms with van der Waals surface area (Å²) in [6.45, 7) is 4.29. The van der Waals surface area contributed by atoms with Gasteiger partial charge in [-0.25, -0.2) is 0 Å². The summed E-state index contributed by atoms with van der Waals surface area (Å²) in [5.74, 6) is 0. The summed E-state index contributed by atoms with van der Waals surface area (Å²) in [6.07, 6.45) is 1.87. The molecule has 0 aliphatic rings. The van der Waals surface area contributed by atoms with E-state index in [1.807, 2.05) is 23.6 Å². The molecule has 4 heterocycles. The van der Waals surface area contributed by atoms with Crippen molar-refractivity contribution in [2.75, 3.05) is 0 Å². The molecule has 4 heteroatoms. The van der Waals surface area contributed by atoms with Crippen molar-refractivity contribution >= 4 is 64.3 Å². The second-order valence-electron chi connectivity index (χ2n) is 11.4. The number of hydrogen-bond acceptors (Lipinski definition) is 2. The maximum absolute atomic E-state index is 4.69. The van der Waals surface area contributed by atoms with Crippen molar-refractivity contribution in [2.45, 2.75) is 13.8 Å². The number of thiophene rings is 1. The van der Waals surface area contributed by atoms with Crippen LogP contribution in [0.2, 0.25) is 0 Å². The quantitative estimate of drug-likeness (QED) is 0.207. The van der Waals surface area contributed by atoms with Crippen LogP contribution in [0.25, 0.3) is 75.6 Å². The lowest BCUT2D eigenvalue weighted by Gasteiger charge is -2.09. The molecule has 4 aromatic heterocycles. The van der Waals surface area contributed by atoms with E-state index >= 15 is 0 Å². The van der Waals surface area contributed by atoms with Gasteiger partial charge in [-0.3, -0.25) is 4.98 Å². The van der Waals surface area contributed by atoms with Gasteiger partial charge >= 0.3 is 0 Å². The Morgan fingerprint density at radius 3 is 1.91 bits per heavy atom. The molecule has 0 aliphatic heterocycles. The van der Waals surface area contributed by atoms with E-state index in [1.54, 1.807) is 0 Å². The second kappa shape index (κ2) is 9.15. The van der Waals surface area contributed by atoms with Crippen molar-refractivity contribution in [1.82, 2.24) is 14.1 Å². The van der Waals surface area contributed by atoms with Gasteiger partial charge in [0.05, 0.1) is 16.7 Å². The highest BCUT2D eigenvalue weighted by Crippen LogP contribution is 2.49. The van der Waals surface area contributed by atoms with Crippen LogP contribution in [0.15, 0.2) is 128 Å². The fourth-order valence-corrected chi connectivity index (χ4v) is 8.05. The topological polar surface area (TPSA) is 22.8 Å². The predicted molar refractivity (Wildman–Crippen MR) is 183 cm³/mol. The maximum Gasteiger partial charge on any atom is 0.111 e. The number of fused-ring (bicyclic) bond motifs is 9. The Bertz CT molecular complexity index is 2490. The van der Waals surface area contributed by atoms with Crippen LogP contribution in [-0.2, 0) is 0 Å². The molecule has 9 aromatic rings. The van der Waals surface area contributed by atoms with Crippen molar-refractivity contribution < 1.29 is 0 Å². The van der Waals surface area contributed by atoms with Gasteiger partial charge in [-0.2, -0.15) is 0 Å². The molecule has 0 saturated heterocycles. The fraction of sp³-hybridized carbons (Fsp3) is 0.0513. The molecule has 0 spiro atoms. The lowest BCUT2D eigenvalue weighted by molar-refractivity contribution is 1.18. The number of aryl methyl sites for hydroxylation is 2. The molecule has 3 nitrogen and oxygen atoms in total. The van der Waals surface area contributed by atoms with E-state index in [4.69, 9.17) is 4.98 Å². The van der Waals surface area contributed by atoms with Crippen LogP contribution in [0.3, 0.4) is 0 Å². The number of benzene rings is 5. The molecule has 5 aromatic carbocycles. The summed E-state index contributed by atoms with van der Waals surface area (Å²) >= 11 is 1.88. The first-order valence-corrected chi connectivity index (χ1v) is 15.5. The second-order valence-corrected chi connectivity index (χ2v) is 12.4. The third-order valence-corrected chi connectivity index (χ3v) is 9.89. The van der Waals surface area contributed by atoms with E-state index in [0.29, 0.717) is 0 Å². The molecule has 0 amide bonds.